The fourth-order valence-electron chi connectivity index (χ4n) is 1.69. The molecule has 0 radical (unpaired) electrons. The average molecular weight is 235 g/mol. The van der Waals surface area contributed by atoms with E-state index in [-0.39, 0.29) is 6.04 Å². The van der Waals surface area contributed by atoms with Crippen molar-refractivity contribution in [3.05, 3.63) is 35.6 Å². The first kappa shape index (κ1) is 11.6. The third kappa shape index (κ3) is 2.42. The Morgan fingerprint density at radius 2 is 2.19 bits per heavy atom. The average Bonchev–Trinajstić information content (AvgIpc) is 2.68. The second-order valence-corrected chi connectivity index (χ2v) is 5.27. The molecular formula is C13H17NOS. The highest BCUT2D eigenvalue weighted by Crippen LogP contribution is 2.25. The third-order valence-electron chi connectivity index (χ3n) is 2.56. The molecule has 2 N–H and O–H groups in total. The molecule has 2 rings (SSSR count). The summed E-state index contributed by atoms with van der Waals surface area (Å²) < 4.78 is 5.74. The molecule has 1 atom stereocenters. The standard InChI is InChI=1S/C13H17NOS/c1-3-16-8-11(14)13-7-10-6-9(2)4-5-12(10)15-13/h4-7,11H,3,8,14H2,1-2H3. The van der Waals surface area contributed by atoms with Crippen molar-refractivity contribution in [2.45, 2.75) is 19.9 Å². The Bertz CT molecular complexity index is 478. The van der Waals surface area contributed by atoms with Crippen LogP contribution in [0.3, 0.4) is 0 Å². The maximum Gasteiger partial charge on any atom is 0.134 e. The summed E-state index contributed by atoms with van der Waals surface area (Å²) in [5, 5.41) is 1.15. The zero-order chi connectivity index (χ0) is 11.5. The van der Waals surface area contributed by atoms with Crippen LogP contribution < -0.4 is 5.73 Å². The lowest BCUT2D eigenvalue weighted by Crippen LogP contribution is -2.11. The summed E-state index contributed by atoms with van der Waals surface area (Å²) in [6.07, 6.45) is 0. The molecule has 1 heterocycles. The van der Waals surface area contributed by atoms with E-state index in [1.807, 2.05) is 17.8 Å². The van der Waals surface area contributed by atoms with Crippen LogP contribution in [0.1, 0.15) is 24.3 Å². The van der Waals surface area contributed by atoms with Crippen LogP contribution in [0.5, 0.6) is 0 Å². The van der Waals surface area contributed by atoms with Gasteiger partial charge in [0.2, 0.25) is 0 Å². The summed E-state index contributed by atoms with van der Waals surface area (Å²) in [5.74, 6) is 2.89. The molecule has 1 aromatic carbocycles. The van der Waals surface area contributed by atoms with Crippen molar-refractivity contribution >= 4 is 22.7 Å². The molecule has 1 unspecified atom stereocenters. The molecular weight excluding hydrogens is 218 g/mol. The van der Waals surface area contributed by atoms with Gasteiger partial charge in [0.25, 0.3) is 0 Å². The molecule has 2 nitrogen and oxygen atoms in total. The van der Waals surface area contributed by atoms with Crippen LogP contribution in [0, 0.1) is 6.92 Å². The molecule has 0 saturated carbocycles. The van der Waals surface area contributed by atoms with Gasteiger partial charge in [-0.05, 0) is 30.9 Å². The quantitative estimate of drug-likeness (QED) is 0.881. The Morgan fingerprint density at radius 1 is 1.38 bits per heavy atom. The Hall–Kier alpha value is -0.930. The van der Waals surface area contributed by atoms with Crippen LogP contribution in [-0.2, 0) is 0 Å². The lowest BCUT2D eigenvalue weighted by Gasteiger charge is -2.06. The summed E-state index contributed by atoms with van der Waals surface area (Å²) in [7, 11) is 0. The molecule has 0 aliphatic heterocycles. The minimum atomic E-state index is -0.00217. The van der Waals surface area contributed by atoms with Gasteiger partial charge in [-0.1, -0.05) is 18.6 Å². The molecule has 2 aromatic rings. The van der Waals surface area contributed by atoms with Crippen LogP contribution >= 0.6 is 11.8 Å². The van der Waals surface area contributed by atoms with Crippen LogP contribution in [0.25, 0.3) is 11.0 Å². The van der Waals surface area contributed by atoms with Crippen LogP contribution in [0.2, 0.25) is 0 Å². The molecule has 0 fully saturated rings. The smallest absolute Gasteiger partial charge is 0.134 e. The monoisotopic (exact) mass is 235 g/mol. The number of rotatable bonds is 4. The Morgan fingerprint density at radius 3 is 2.94 bits per heavy atom. The van der Waals surface area contributed by atoms with E-state index in [1.165, 1.54) is 5.56 Å². The van der Waals surface area contributed by atoms with Crippen molar-refractivity contribution in [2.75, 3.05) is 11.5 Å². The molecule has 0 saturated heterocycles. The number of hydrogen-bond acceptors (Lipinski definition) is 3. The highest BCUT2D eigenvalue weighted by atomic mass is 32.2. The van der Waals surface area contributed by atoms with Crippen molar-refractivity contribution in [3.63, 3.8) is 0 Å². The van der Waals surface area contributed by atoms with Crippen LogP contribution in [0.15, 0.2) is 28.7 Å². The maximum atomic E-state index is 6.07. The predicted octanol–water partition coefficient (Wildman–Crippen LogP) is 3.49. The number of aryl methyl sites for hydroxylation is 1. The normalized spacial score (nSPS) is 13.2. The van der Waals surface area contributed by atoms with Crippen LogP contribution in [-0.4, -0.2) is 11.5 Å². The SMILES string of the molecule is CCSCC(N)c1cc2cc(C)ccc2o1. The summed E-state index contributed by atoms with van der Waals surface area (Å²) in [5.41, 5.74) is 8.24. The second kappa shape index (κ2) is 4.93. The number of benzene rings is 1. The second-order valence-electron chi connectivity index (χ2n) is 3.96. The molecule has 0 aliphatic rings. The number of furan rings is 1. The first-order valence-corrected chi connectivity index (χ1v) is 6.69. The molecule has 86 valence electrons. The molecule has 0 bridgehead atoms. The fraction of sp³-hybridized carbons (Fsp3) is 0.385. The van der Waals surface area contributed by atoms with Gasteiger partial charge >= 0.3 is 0 Å². The molecule has 16 heavy (non-hydrogen) atoms. The van der Waals surface area contributed by atoms with Gasteiger partial charge in [0.05, 0.1) is 6.04 Å². The van der Waals surface area contributed by atoms with Gasteiger partial charge in [-0.2, -0.15) is 11.8 Å². The predicted molar refractivity (Wildman–Crippen MR) is 70.9 cm³/mol. The van der Waals surface area contributed by atoms with E-state index < -0.39 is 0 Å². The highest BCUT2D eigenvalue weighted by molar-refractivity contribution is 7.99. The zero-order valence-electron chi connectivity index (χ0n) is 9.69. The van der Waals surface area contributed by atoms with E-state index in [9.17, 15) is 0 Å². The lowest BCUT2D eigenvalue weighted by molar-refractivity contribution is 0.516. The molecule has 0 aliphatic carbocycles. The number of thioether (sulfide) groups is 1. The Labute approximate surface area is 100 Å². The maximum absolute atomic E-state index is 6.07. The number of hydrogen-bond donors (Lipinski definition) is 1. The summed E-state index contributed by atoms with van der Waals surface area (Å²) in [6.45, 7) is 4.22. The van der Waals surface area contributed by atoms with Crippen molar-refractivity contribution in [1.82, 2.24) is 0 Å². The van der Waals surface area contributed by atoms with Crippen molar-refractivity contribution in [3.8, 4) is 0 Å². The van der Waals surface area contributed by atoms with Gasteiger partial charge in [-0.3, -0.25) is 0 Å². The molecule has 3 heteroatoms. The minimum Gasteiger partial charge on any atom is -0.459 e. The van der Waals surface area contributed by atoms with Gasteiger partial charge in [0.1, 0.15) is 11.3 Å². The first-order chi connectivity index (χ1) is 7.70. The van der Waals surface area contributed by atoms with Gasteiger partial charge < -0.3 is 10.2 Å². The molecule has 1 aromatic heterocycles. The zero-order valence-corrected chi connectivity index (χ0v) is 10.5. The van der Waals surface area contributed by atoms with Crippen molar-refractivity contribution < 1.29 is 4.42 Å². The topological polar surface area (TPSA) is 39.2 Å². The summed E-state index contributed by atoms with van der Waals surface area (Å²) in [4.78, 5) is 0. The fourth-order valence-corrected chi connectivity index (χ4v) is 2.35. The van der Waals surface area contributed by atoms with Gasteiger partial charge in [0, 0.05) is 11.1 Å². The summed E-state index contributed by atoms with van der Waals surface area (Å²) >= 11 is 1.84. The number of nitrogens with two attached hydrogens (primary N) is 1. The van der Waals surface area contributed by atoms with E-state index in [2.05, 4.69) is 32.0 Å². The molecule has 0 spiro atoms. The van der Waals surface area contributed by atoms with Crippen LogP contribution in [0.4, 0.5) is 0 Å². The van der Waals surface area contributed by atoms with Gasteiger partial charge in [-0.15, -0.1) is 0 Å². The minimum absolute atomic E-state index is 0.00217. The molecule has 0 amide bonds. The Balaban J connectivity index is 2.25. The summed E-state index contributed by atoms with van der Waals surface area (Å²) in [6, 6.07) is 8.25. The van der Waals surface area contributed by atoms with E-state index in [0.29, 0.717) is 0 Å². The van der Waals surface area contributed by atoms with Crippen molar-refractivity contribution in [2.24, 2.45) is 5.73 Å². The first-order valence-electron chi connectivity index (χ1n) is 5.54. The third-order valence-corrected chi connectivity index (χ3v) is 3.56. The van der Waals surface area contributed by atoms with E-state index in [0.717, 1.165) is 28.2 Å². The van der Waals surface area contributed by atoms with Gasteiger partial charge in [-0.25, -0.2) is 0 Å². The Kier molecular flexibility index (Phi) is 3.56. The largest absolute Gasteiger partial charge is 0.459 e. The van der Waals surface area contributed by atoms with E-state index in [4.69, 9.17) is 10.2 Å². The highest BCUT2D eigenvalue weighted by Gasteiger charge is 2.11. The van der Waals surface area contributed by atoms with Crippen molar-refractivity contribution in [1.29, 1.82) is 0 Å². The van der Waals surface area contributed by atoms with E-state index >= 15 is 0 Å². The number of fused-ring (bicyclic) bond motifs is 1. The lowest BCUT2D eigenvalue weighted by atomic mass is 10.2. The van der Waals surface area contributed by atoms with E-state index in [1.54, 1.807) is 0 Å². The van der Waals surface area contributed by atoms with Gasteiger partial charge in [0.15, 0.2) is 0 Å².